The molecular weight excluding hydrogens is 1600 g/mol. The molecule has 0 bridgehead atoms. The lowest BCUT2D eigenvalue weighted by Crippen LogP contribution is -2.50. The molecule has 0 aliphatic rings. The lowest BCUT2D eigenvalue weighted by molar-refractivity contribution is -0.671. The molecule has 0 unspecified atom stereocenters. The van der Waals surface area contributed by atoms with Crippen LogP contribution >= 0.6 is 0 Å². The normalized spacial score (nSPS) is 13.7. The Morgan fingerprint density at radius 2 is 0.472 bits per heavy atom. The molecule has 0 saturated heterocycles. The van der Waals surface area contributed by atoms with Crippen molar-refractivity contribution in [3.05, 3.63) is 134 Å². The zero-order valence-electron chi connectivity index (χ0n) is 51.5. The lowest BCUT2D eigenvalue weighted by atomic mass is 9.82. The molecule has 20 nitrogen and oxygen atoms in total. The molecule has 11 aromatic rings. The SMILES string of the molecule is C[n+]1cccc(-c2cc3c4cc(-c5ccc[n+](C)c5)c5nc(C(F)(F)C(F)(F)C(F)(F)F)nc6c(-c7ccc[n+](C)c7)cc(c7cc(-c8ccc[n+](C)c8)c8nc(C(F)(F)C(F)(F)C(F)(F)F)nc2c8c37)c4c56)c1.O=S(=O)([O-])C(F)(F)F.O=S(=O)([O-])C(F)(F)F.O=S(=O)([O-])C(F)(F)F.O=S(=O)([O-])C(F)(F)F. The maximum atomic E-state index is 16.2. The summed E-state index contributed by atoms with van der Waals surface area (Å²) in [6, 6.07) is 18.0. The molecule has 0 saturated carbocycles. The molecule has 0 spiro atoms. The van der Waals surface area contributed by atoms with E-state index in [4.69, 9.17) is 51.9 Å². The van der Waals surface area contributed by atoms with Gasteiger partial charge in [-0.05, 0) is 70.1 Å². The summed E-state index contributed by atoms with van der Waals surface area (Å²) in [4.78, 5) is 15.8. The van der Waals surface area contributed by atoms with Gasteiger partial charge in [-0.15, -0.1) is 0 Å². The van der Waals surface area contributed by atoms with Crippen LogP contribution in [-0.2, 0) is 80.5 Å². The van der Waals surface area contributed by atoms with E-state index < -0.39 is 132 Å². The number of halogens is 26. The minimum atomic E-state index is -6.76. The first-order valence-electron chi connectivity index (χ1n) is 27.2. The third kappa shape index (κ3) is 16.2. The van der Waals surface area contributed by atoms with Crippen LogP contribution in [-0.4, -0.2) is 118 Å². The summed E-state index contributed by atoms with van der Waals surface area (Å²) in [6.45, 7) is 0. The third-order valence-corrected chi connectivity index (χ3v) is 16.6. The third-order valence-electron chi connectivity index (χ3n) is 14.4. The average Bonchev–Trinajstić information content (AvgIpc) is 0.676. The van der Waals surface area contributed by atoms with E-state index in [9.17, 15) is 79.0 Å². The van der Waals surface area contributed by atoms with Crippen molar-refractivity contribution in [1.29, 1.82) is 0 Å². The van der Waals surface area contributed by atoms with Gasteiger partial charge in [0.05, 0.1) is 22.1 Å². The summed E-state index contributed by atoms with van der Waals surface area (Å²) in [5, 5.41) is 1.08. The van der Waals surface area contributed by atoms with E-state index in [1.165, 1.54) is 73.3 Å². The molecule has 0 amide bonds. The maximum absolute atomic E-state index is 16.2. The summed E-state index contributed by atoms with van der Waals surface area (Å²) in [6.07, 6.45) is -1.10. The Kier molecular flexibility index (Phi) is 21.8. The fourth-order valence-electron chi connectivity index (χ4n) is 9.78. The highest BCUT2D eigenvalue weighted by Gasteiger charge is 2.76. The molecule has 106 heavy (non-hydrogen) atoms. The van der Waals surface area contributed by atoms with Gasteiger partial charge in [-0.3, -0.25) is 0 Å². The van der Waals surface area contributed by atoms with Gasteiger partial charge in [-0.1, -0.05) is 0 Å². The van der Waals surface area contributed by atoms with Crippen molar-refractivity contribution in [2.45, 2.75) is 58.1 Å². The molecule has 0 atom stereocenters. The van der Waals surface area contributed by atoms with Crippen molar-refractivity contribution < 1.29 is 184 Å². The van der Waals surface area contributed by atoms with Crippen molar-refractivity contribution >= 4 is 106 Å². The first-order chi connectivity index (χ1) is 47.6. The molecule has 6 aromatic heterocycles. The van der Waals surface area contributed by atoms with E-state index in [-0.39, 0.29) is 87.6 Å². The van der Waals surface area contributed by atoms with Gasteiger partial charge in [-0.2, -0.15) is 114 Å². The second-order valence-corrected chi connectivity index (χ2v) is 27.3. The van der Waals surface area contributed by atoms with E-state index in [1.54, 1.807) is 95.5 Å². The zero-order valence-corrected chi connectivity index (χ0v) is 54.7. The van der Waals surface area contributed by atoms with Crippen LogP contribution in [0.3, 0.4) is 0 Å². The van der Waals surface area contributed by atoms with Crippen LogP contribution in [0.2, 0.25) is 0 Å². The molecule has 6 heterocycles. The van der Waals surface area contributed by atoms with E-state index in [1.807, 2.05) is 0 Å². The number of benzene rings is 5. The zero-order chi connectivity index (χ0) is 81.0. The Bertz CT molecular complexity index is 5080. The van der Waals surface area contributed by atoms with Gasteiger partial charge < -0.3 is 18.2 Å². The van der Waals surface area contributed by atoms with Gasteiger partial charge in [0.25, 0.3) is 0 Å². The van der Waals surface area contributed by atoms with Gasteiger partial charge in [0.2, 0.25) is 11.6 Å². The Hall–Kier alpha value is -9.24. The molecular formula is C56H32F26N8O12S4. The van der Waals surface area contributed by atoms with Crippen molar-refractivity contribution in [2.75, 3.05) is 0 Å². The second kappa shape index (κ2) is 27.5. The molecule has 0 aliphatic carbocycles. The summed E-state index contributed by atoms with van der Waals surface area (Å²) in [7, 11) is -18.0. The first kappa shape index (κ1) is 84.0. The smallest absolute Gasteiger partial charge is 0.485 e. The number of aryl methyl sites for hydroxylation is 4. The summed E-state index contributed by atoms with van der Waals surface area (Å²) >= 11 is 0. The Labute approximate surface area is 572 Å². The number of pyridine rings is 4. The number of aromatic nitrogens is 8. The molecule has 5 aromatic carbocycles. The summed E-state index contributed by atoms with van der Waals surface area (Å²) in [5.41, 5.74) is -23.9. The largest absolute Gasteiger partial charge is 0.741 e. The number of hydrogen-bond donors (Lipinski definition) is 0. The monoisotopic (exact) mass is 1630 g/mol. The van der Waals surface area contributed by atoms with Crippen LogP contribution < -0.4 is 18.3 Å². The number of fused-ring (bicyclic) bond motifs is 2. The Morgan fingerprint density at radius 1 is 0.302 bits per heavy atom. The highest BCUT2D eigenvalue weighted by atomic mass is 32.2. The van der Waals surface area contributed by atoms with E-state index in [0.29, 0.717) is 0 Å². The molecule has 574 valence electrons. The molecule has 0 N–H and O–H groups in total. The second-order valence-electron chi connectivity index (χ2n) is 21.8. The quantitative estimate of drug-likeness (QED) is 0.0341. The predicted octanol–water partition coefficient (Wildman–Crippen LogP) is 11.8. The molecule has 0 radical (unpaired) electrons. The molecule has 0 aliphatic heterocycles. The molecule has 11 rings (SSSR count). The summed E-state index contributed by atoms with van der Waals surface area (Å²) in [5.74, 6) is -29.7. The topological polar surface area (TPSA) is 296 Å². The lowest BCUT2D eigenvalue weighted by Gasteiger charge is -2.28. The summed E-state index contributed by atoms with van der Waals surface area (Å²) < 4.78 is 451. The van der Waals surface area contributed by atoms with E-state index in [0.717, 1.165) is 0 Å². The van der Waals surface area contributed by atoms with Gasteiger partial charge in [-0.25, -0.2) is 71.9 Å². The van der Waals surface area contributed by atoms with Crippen LogP contribution in [0, 0.1) is 0 Å². The van der Waals surface area contributed by atoms with Crippen molar-refractivity contribution in [3.63, 3.8) is 0 Å². The average molecular weight is 1630 g/mol. The van der Waals surface area contributed by atoms with Crippen LogP contribution in [0.5, 0.6) is 0 Å². The predicted molar refractivity (Wildman–Crippen MR) is 304 cm³/mol. The fraction of sp³-hybridized carbons (Fsp3) is 0.250. The molecule has 0 fully saturated rings. The fourth-order valence-corrected chi connectivity index (χ4v) is 9.78. The van der Waals surface area contributed by atoms with Gasteiger partial charge >= 0.3 is 58.1 Å². The number of alkyl halides is 26. The van der Waals surface area contributed by atoms with Gasteiger partial charge in [0, 0.05) is 90.3 Å². The number of hydrogen-bond acceptors (Lipinski definition) is 16. The van der Waals surface area contributed by atoms with Crippen molar-refractivity contribution in [1.82, 2.24) is 19.9 Å². The van der Waals surface area contributed by atoms with Gasteiger partial charge in [0.15, 0.2) is 90.0 Å². The minimum absolute atomic E-state index is 0.0710. The highest BCUT2D eigenvalue weighted by molar-refractivity contribution is 7.87. The van der Waals surface area contributed by atoms with Crippen LogP contribution in [0.4, 0.5) is 114 Å². The Balaban J connectivity index is 0.000000407. The van der Waals surface area contributed by atoms with E-state index in [2.05, 4.69) is 19.9 Å². The Morgan fingerprint density at radius 3 is 0.613 bits per heavy atom. The number of nitrogens with zero attached hydrogens (tertiary/aromatic N) is 8. The standard InChI is InChI=1S/C52H32F14N8.4CHF3O3S/c1-71-13-5-9-25(21-71)29-17-33-34-18-31(27-11-7-15-73(3)23-27)43-40-38(34)36(20-32(28-12-8-16-74(4)24-28)44(40)70-46(69-43)48(55,56)50(59,60)52(64,65)66)35-19-30(26-10-6-14-72(2)22-26)42-39(37(33)35)41(29)67-45(68-42)47(53,54)49(57,58)51(61,62)63;4*2-1(3,4)8(5,6)7/h5-24H,1-4H3;4*(H,5,6,7)/q+4;;;;/p-4. The maximum Gasteiger partial charge on any atom is 0.485 e. The highest BCUT2D eigenvalue weighted by Crippen LogP contribution is 2.57. The number of rotatable bonds is 8. The van der Waals surface area contributed by atoms with Crippen LogP contribution in [0.15, 0.2) is 122 Å². The van der Waals surface area contributed by atoms with E-state index >= 15 is 35.1 Å². The van der Waals surface area contributed by atoms with Gasteiger partial charge in [0.1, 0.15) is 28.2 Å². The minimum Gasteiger partial charge on any atom is -0.741 e. The van der Waals surface area contributed by atoms with Crippen LogP contribution in [0.1, 0.15) is 11.6 Å². The van der Waals surface area contributed by atoms with Crippen LogP contribution in [0.25, 0.3) is 110 Å². The van der Waals surface area contributed by atoms with Crippen molar-refractivity contribution in [2.24, 2.45) is 28.2 Å². The van der Waals surface area contributed by atoms with Crippen molar-refractivity contribution in [3.8, 4) is 44.5 Å². The first-order valence-corrected chi connectivity index (χ1v) is 32.8. The molecule has 50 heteroatoms.